The SMILES string of the molecule is CN1C(NC#N)=NCCS1(=O)=O. The van der Waals surface area contributed by atoms with Crippen LogP contribution >= 0.6 is 0 Å². The summed E-state index contributed by atoms with van der Waals surface area (Å²) in [7, 11) is -1.89. The molecule has 12 heavy (non-hydrogen) atoms. The van der Waals surface area contributed by atoms with Crippen LogP contribution in [0.25, 0.3) is 0 Å². The Morgan fingerprint density at radius 3 is 3.00 bits per heavy atom. The van der Waals surface area contributed by atoms with Crippen molar-refractivity contribution in [1.82, 2.24) is 9.62 Å². The fourth-order valence-electron chi connectivity index (χ4n) is 0.803. The van der Waals surface area contributed by atoms with Gasteiger partial charge in [0, 0.05) is 7.05 Å². The molecule has 0 bridgehead atoms. The van der Waals surface area contributed by atoms with Gasteiger partial charge in [-0.1, -0.05) is 0 Å². The molecule has 0 aromatic rings. The Labute approximate surface area is 70.6 Å². The molecule has 0 spiro atoms. The van der Waals surface area contributed by atoms with Gasteiger partial charge in [0.2, 0.25) is 16.0 Å². The van der Waals surface area contributed by atoms with Crippen molar-refractivity contribution in [3.63, 3.8) is 0 Å². The van der Waals surface area contributed by atoms with Crippen molar-refractivity contribution in [3.8, 4) is 6.19 Å². The maximum absolute atomic E-state index is 11.2. The van der Waals surface area contributed by atoms with Gasteiger partial charge in [0.25, 0.3) is 0 Å². The molecule has 0 atom stereocenters. The van der Waals surface area contributed by atoms with Gasteiger partial charge in [-0.3, -0.25) is 10.3 Å². The molecular weight excluding hydrogens is 180 g/mol. The summed E-state index contributed by atoms with van der Waals surface area (Å²) < 4.78 is 23.3. The van der Waals surface area contributed by atoms with Gasteiger partial charge in [-0.05, 0) is 0 Å². The standard InChI is InChI=1S/C5H8N4O2S/c1-9-5(8-4-6)7-2-3-12(9,10)11/h2-3H2,1H3,(H,7,8). The topological polar surface area (TPSA) is 85.6 Å². The van der Waals surface area contributed by atoms with Crippen molar-refractivity contribution in [2.75, 3.05) is 19.3 Å². The maximum Gasteiger partial charge on any atom is 0.239 e. The molecule has 6 nitrogen and oxygen atoms in total. The molecule has 0 aromatic heterocycles. The highest BCUT2D eigenvalue weighted by molar-refractivity contribution is 7.89. The average Bonchev–Trinajstić information content (AvgIpc) is 1.99. The Bertz CT molecular complexity index is 339. The number of rotatable bonds is 0. The van der Waals surface area contributed by atoms with E-state index in [9.17, 15) is 8.42 Å². The molecule has 0 radical (unpaired) electrons. The molecule has 0 saturated heterocycles. The highest BCUT2D eigenvalue weighted by Crippen LogP contribution is 2.03. The zero-order valence-corrected chi connectivity index (χ0v) is 7.30. The van der Waals surface area contributed by atoms with Gasteiger partial charge < -0.3 is 0 Å². The predicted molar refractivity (Wildman–Crippen MR) is 42.6 cm³/mol. The van der Waals surface area contributed by atoms with E-state index in [0.29, 0.717) is 0 Å². The van der Waals surface area contributed by atoms with E-state index in [1.54, 1.807) is 6.19 Å². The van der Waals surface area contributed by atoms with E-state index in [-0.39, 0.29) is 18.3 Å². The monoisotopic (exact) mass is 188 g/mol. The van der Waals surface area contributed by atoms with Crippen LogP contribution in [0.4, 0.5) is 0 Å². The highest BCUT2D eigenvalue weighted by atomic mass is 32.2. The van der Waals surface area contributed by atoms with E-state index in [1.807, 2.05) is 0 Å². The third kappa shape index (κ3) is 1.48. The first-order chi connectivity index (χ1) is 5.58. The summed E-state index contributed by atoms with van der Waals surface area (Å²) in [5, 5.41) is 10.4. The van der Waals surface area contributed by atoms with Crippen molar-refractivity contribution in [2.45, 2.75) is 0 Å². The lowest BCUT2D eigenvalue weighted by Gasteiger charge is -2.22. The molecule has 1 aliphatic heterocycles. The third-order valence-electron chi connectivity index (χ3n) is 1.49. The van der Waals surface area contributed by atoms with E-state index in [0.717, 1.165) is 4.31 Å². The number of hydrogen-bond donors (Lipinski definition) is 1. The van der Waals surface area contributed by atoms with Crippen molar-refractivity contribution in [2.24, 2.45) is 4.99 Å². The van der Waals surface area contributed by atoms with Gasteiger partial charge in [0.1, 0.15) is 0 Å². The minimum Gasteiger partial charge on any atom is -0.262 e. The molecular formula is C5H8N4O2S. The minimum atomic E-state index is -3.24. The lowest BCUT2D eigenvalue weighted by atomic mass is 10.7. The van der Waals surface area contributed by atoms with Gasteiger partial charge >= 0.3 is 0 Å². The Kier molecular flexibility index (Phi) is 2.19. The number of guanidine groups is 1. The van der Waals surface area contributed by atoms with Crippen LogP contribution < -0.4 is 5.32 Å². The normalized spacial score (nSPS) is 21.0. The van der Waals surface area contributed by atoms with Crippen molar-refractivity contribution in [1.29, 1.82) is 5.26 Å². The Morgan fingerprint density at radius 1 is 1.75 bits per heavy atom. The fraction of sp³-hybridized carbons (Fsp3) is 0.600. The summed E-state index contributed by atoms with van der Waals surface area (Å²) in [4.78, 5) is 3.83. The number of sulfonamides is 1. The number of nitrogens with zero attached hydrogens (tertiary/aromatic N) is 3. The molecule has 1 rings (SSSR count). The molecule has 1 heterocycles. The highest BCUT2D eigenvalue weighted by Gasteiger charge is 2.24. The average molecular weight is 188 g/mol. The second-order valence-corrected chi connectivity index (χ2v) is 4.35. The summed E-state index contributed by atoms with van der Waals surface area (Å²) in [5.41, 5.74) is 0. The summed E-state index contributed by atoms with van der Waals surface area (Å²) in [6.07, 6.45) is 1.62. The van der Waals surface area contributed by atoms with Crippen LogP contribution in [-0.4, -0.2) is 38.0 Å². The number of nitriles is 1. The van der Waals surface area contributed by atoms with Gasteiger partial charge in [-0.2, -0.15) is 5.26 Å². The summed E-state index contributed by atoms with van der Waals surface area (Å²) >= 11 is 0. The van der Waals surface area contributed by atoms with E-state index in [2.05, 4.69) is 10.3 Å². The van der Waals surface area contributed by atoms with E-state index in [1.165, 1.54) is 7.05 Å². The first-order valence-electron chi connectivity index (χ1n) is 3.24. The minimum absolute atomic E-state index is 0.000108. The molecule has 0 fully saturated rings. The van der Waals surface area contributed by atoms with Crippen LogP contribution in [0.15, 0.2) is 4.99 Å². The molecule has 1 aliphatic rings. The molecule has 0 aliphatic carbocycles. The second kappa shape index (κ2) is 2.98. The molecule has 7 heteroatoms. The summed E-state index contributed by atoms with van der Waals surface area (Å²) in [6.45, 7) is 0.205. The van der Waals surface area contributed by atoms with E-state index < -0.39 is 10.0 Å². The Balaban J connectivity index is 2.92. The zero-order valence-electron chi connectivity index (χ0n) is 6.48. The maximum atomic E-state index is 11.2. The van der Waals surface area contributed by atoms with Gasteiger partial charge in [-0.25, -0.2) is 12.7 Å². The van der Waals surface area contributed by atoms with Crippen LogP contribution in [0.5, 0.6) is 0 Å². The lowest BCUT2D eigenvalue weighted by Crippen LogP contribution is -2.45. The van der Waals surface area contributed by atoms with Crippen molar-refractivity contribution in [3.05, 3.63) is 0 Å². The Hall–Kier alpha value is -1.29. The number of nitrogens with one attached hydrogen (secondary N) is 1. The van der Waals surface area contributed by atoms with Crippen LogP contribution in [0, 0.1) is 11.5 Å². The molecule has 66 valence electrons. The van der Waals surface area contributed by atoms with Gasteiger partial charge in [0.05, 0.1) is 12.3 Å². The number of aliphatic imine (C=N–C) groups is 1. The van der Waals surface area contributed by atoms with Crippen LogP contribution in [0.2, 0.25) is 0 Å². The van der Waals surface area contributed by atoms with Gasteiger partial charge in [-0.15, -0.1) is 0 Å². The lowest BCUT2D eigenvalue weighted by molar-refractivity contribution is 0.542. The summed E-state index contributed by atoms with van der Waals surface area (Å²) in [5.74, 6) is 0.0869. The smallest absolute Gasteiger partial charge is 0.239 e. The second-order valence-electron chi connectivity index (χ2n) is 2.23. The largest absolute Gasteiger partial charge is 0.262 e. The molecule has 0 unspecified atom stereocenters. The van der Waals surface area contributed by atoms with Crippen LogP contribution in [0.1, 0.15) is 0 Å². The van der Waals surface area contributed by atoms with Gasteiger partial charge in [0.15, 0.2) is 6.19 Å². The molecule has 0 amide bonds. The van der Waals surface area contributed by atoms with E-state index in [4.69, 9.17) is 5.26 Å². The Morgan fingerprint density at radius 2 is 2.42 bits per heavy atom. The van der Waals surface area contributed by atoms with Crippen LogP contribution in [0.3, 0.4) is 0 Å². The molecule has 0 aromatic carbocycles. The zero-order chi connectivity index (χ0) is 9.19. The van der Waals surface area contributed by atoms with E-state index >= 15 is 0 Å². The van der Waals surface area contributed by atoms with Crippen molar-refractivity contribution < 1.29 is 8.42 Å². The van der Waals surface area contributed by atoms with Crippen molar-refractivity contribution >= 4 is 16.0 Å². The van der Waals surface area contributed by atoms with Crippen LogP contribution in [-0.2, 0) is 10.0 Å². The third-order valence-corrected chi connectivity index (χ3v) is 3.20. The quantitative estimate of drug-likeness (QED) is 0.377. The predicted octanol–water partition coefficient (Wildman–Crippen LogP) is -1.31. The molecule has 1 N–H and O–H groups in total. The first kappa shape index (κ1) is 8.80. The summed E-state index contributed by atoms with van der Waals surface area (Å²) in [6, 6.07) is 0. The molecule has 0 saturated carbocycles. The first-order valence-corrected chi connectivity index (χ1v) is 4.85. The fourth-order valence-corrected chi connectivity index (χ4v) is 1.77. The number of hydrogen-bond acceptors (Lipinski definition) is 5.